The van der Waals surface area contributed by atoms with E-state index >= 15 is 0 Å². The molecule has 0 saturated carbocycles. The standard InChI is InChI=1S/C11H10F5NO4/c1-3-20-10(18)5-4-6(19-2)8(21-11(14,15)16)7(17-5)9(12)13/h4,9H,3H2,1-2H3. The molecule has 0 fully saturated rings. The minimum absolute atomic E-state index is 0.0619. The zero-order chi connectivity index (χ0) is 16.2. The van der Waals surface area contributed by atoms with E-state index < -0.39 is 41.6 Å². The van der Waals surface area contributed by atoms with Gasteiger partial charge >= 0.3 is 12.3 Å². The fraction of sp³-hybridized carbons (Fsp3) is 0.455. The number of carbonyl (C=O) groups excluding carboxylic acids is 1. The van der Waals surface area contributed by atoms with E-state index in [-0.39, 0.29) is 6.61 Å². The van der Waals surface area contributed by atoms with Gasteiger partial charge in [0, 0.05) is 6.07 Å². The Bertz CT molecular complexity index is 518. The number of hydrogen-bond acceptors (Lipinski definition) is 5. The number of halogens is 5. The normalized spacial score (nSPS) is 11.4. The van der Waals surface area contributed by atoms with Crippen molar-refractivity contribution >= 4 is 5.97 Å². The number of esters is 1. The third kappa shape index (κ3) is 4.43. The van der Waals surface area contributed by atoms with Crippen molar-refractivity contribution in [3.63, 3.8) is 0 Å². The van der Waals surface area contributed by atoms with Crippen LogP contribution < -0.4 is 9.47 Å². The predicted octanol–water partition coefficient (Wildman–Crippen LogP) is 3.10. The van der Waals surface area contributed by atoms with Gasteiger partial charge in [0.15, 0.2) is 22.9 Å². The van der Waals surface area contributed by atoms with Gasteiger partial charge in [-0.25, -0.2) is 18.6 Å². The maximum atomic E-state index is 12.8. The smallest absolute Gasteiger partial charge is 0.493 e. The second kappa shape index (κ2) is 6.55. The number of ether oxygens (including phenoxy) is 3. The summed E-state index contributed by atoms with van der Waals surface area (Å²) in [6.45, 7) is 1.40. The van der Waals surface area contributed by atoms with E-state index in [1.54, 1.807) is 0 Å². The maximum absolute atomic E-state index is 12.8. The summed E-state index contributed by atoms with van der Waals surface area (Å²) in [4.78, 5) is 14.6. The van der Waals surface area contributed by atoms with Gasteiger partial charge in [-0.1, -0.05) is 0 Å². The minimum atomic E-state index is -5.22. The number of nitrogens with zero attached hydrogens (tertiary/aromatic N) is 1. The highest BCUT2D eigenvalue weighted by Gasteiger charge is 2.36. The first-order valence-electron chi connectivity index (χ1n) is 5.49. The van der Waals surface area contributed by atoms with Crippen molar-refractivity contribution in [1.82, 2.24) is 4.98 Å². The molecule has 0 bridgehead atoms. The van der Waals surface area contributed by atoms with Crippen LogP contribution in [0.5, 0.6) is 11.5 Å². The second-order valence-corrected chi connectivity index (χ2v) is 3.49. The van der Waals surface area contributed by atoms with Crippen molar-refractivity contribution in [2.75, 3.05) is 13.7 Å². The van der Waals surface area contributed by atoms with Crippen LogP contribution in [0.2, 0.25) is 0 Å². The summed E-state index contributed by atoms with van der Waals surface area (Å²) >= 11 is 0. The van der Waals surface area contributed by atoms with Gasteiger partial charge in [-0.2, -0.15) is 0 Å². The molecular weight excluding hydrogens is 305 g/mol. The average Bonchev–Trinajstić information content (AvgIpc) is 2.36. The van der Waals surface area contributed by atoms with Crippen LogP contribution in [-0.4, -0.2) is 31.0 Å². The number of carbonyl (C=O) groups is 1. The number of rotatable bonds is 5. The van der Waals surface area contributed by atoms with Gasteiger partial charge in [-0.05, 0) is 6.92 Å². The summed E-state index contributed by atoms with van der Waals surface area (Å²) in [6.07, 6.45) is -8.63. The lowest BCUT2D eigenvalue weighted by Crippen LogP contribution is -2.20. The molecule has 0 atom stereocenters. The molecular formula is C11H10F5NO4. The Morgan fingerprint density at radius 1 is 1.38 bits per heavy atom. The van der Waals surface area contributed by atoms with E-state index in [9.17, 15) is 26.7 Å². The molecule has 0 aromatic carbocycles. The third-order valence-corrected chi connectivity index (χ3v) is 2.09. The van der Waals surface area contributed by atoms with Gasteiger partial charge in [-0.15, -0.1) is 13.2 Å². The molecule has 0 aliphatic rings. The molecule has 118 valence electrons. The molecule has 5 nitrogen and oxygen atoms in total. The molecule has 0 amide bonds. The van der Waals surface area contributed by atoms with Crippen LogP contribution in [0, 0.1) is 0 Å². The van der Waals surface area contributed by atoms with Crippen LogP contribution in [0.1, 0.15) is 29.5 Å². The lowest BCUT2D eigenvalue weighted by atomic mass is 10.2. The van der Waals surface area contributed by atoms with E-state index in [1.165, 1.54) is 6.92 Å². The lowest BCUT2D eigenvalue weighted by molar-refractivity contribution is -0.275. The molecule has 0 aliphatic heterocycles. The zero-order valence-electron chi connectivity index (χ0n) is 10.8. The van der Waals surface area contributed by atoms with Crippen LogP contribution in [0.25, 0.3) is 0 Å². The van der Waals surface area contributed by atoms with Crippen molar-refractivity contribution < 1.29 is 41.0 Å². The lowest BCUT2D eigenvalue weighted by Gasteiger charge is -2.16. The number of alkyl halides is 5. The number of aromatic nitrogens is 1. The van der Waals surface area contributed by atoms with Gasteiger partial charge in [0.1, 0.15) is 0 Å². The van der Waals surface area contributed by atoms with Crippen molar-refractivity contribution in [3.05, 3.63) is 17.5 Å². The summed E-state index contributed by atoms with van der Waals surface area (Å²) < 4.78 is 75.0. The van der Waals surface area contributed by atoms with Crippen LogP contribution in [0.4, 0.5) is 22.0 Å². The summed E-state index contributed by atoms with van der Waals surface area (Å²) in [7, 11) is 0.933. The minimum Gasteiger partial charge on any atom is -0.493 e. The van der Waals surface area contributed by atoms with E-state index in [2.05, 4.69) is 19.2 Å². The van der Waals surface area contributed by atoms with Crippen LogP contribution in [-0.2, 0) is 4.74 Å². The van der Waals surface area contributed by atoms with Crippen molar-refractivity contribution in [2.24, 2.45) is 0 Å². The number of hydrogen-bond donors (Lipinski definition) is 0. The van der Waals surface area contributed by atoms with E-state index in [0.29, 0.717) is 0 Å². The largest absolute Gasteiger partial charge is 0.573 e. The fourth-order valence-electron chi connectivity index (χ4n) is 1.36. The van der Waals surface area contributed by atoms with Gasteiger partial charge in [-0.3, -0.25) is 0 Å². The Labute approximate surface area is 115 Å². The van der Waals surface area contributed by atoms with E-state index in [4.69, 9.17) is 0 Å². The maximum Gasteiger partial charge on any atom is 0.573 e. The first-order valence-corrected chi connectivity index (χ1v) is 5.49. The molecule has 0 aliphatic carbocycles. The Hall–Kier alpha value is -2.13. The molecule has 0 spiro atoms. The van der Waals surface area contributed by atoms with Gasteiger partial charge in [0.05, 0.1) is 13.7 Å². The monoisotopic (exact) mass is 315 g/mol. The van der Waals surface area contributed by atoms with Crippen molar-refractivity contribution in [3.8, 4) is 11.5 Å². The molecule has 0 saturated heterocycles. The number of methoxy groups -OCH3 is 1. The zero-order valence-corrected chi connectivity index (χ0v) is 10.8. The van der Waals surface area contributed by atoms with Crippen molar-refractivity contribution in [1.29, 1.82) is 0 Å². The summed E-state index contributed by atoms with van der Waals surface area (Å²) in [5.74, 6) is -3.08. The molecule has 1 aromatic heterocycles. The quantitative estimate of drug-likeness (QED) is 0.617. The first kappa shape index (κ1) is 16.9. The first-order chi connectivity index (χ1) is 9.69. The van der Waals surface area contributed by atoms with E-state index in [1.807, 2.05) is 0 Å². The van der Waals surface area contributed by atoms with Crippen LogP contribution in [0.15, 0.2) is 6.07 Å². The Morgan fingerprint density at radius 2 is 2.00 bits per heavy atom. The molecule has 0 N–H and O–H groups in total. The summed E-state index contributed by atoms with van der Waals surface area (Å²) in [5.41, 5.74) is -1.98. The van der Waals surface area contributed by atoms with Gasteiger partial charge < -0.3 is 14.2 Å². The van der Waals surface area contributed by atoms with Crippen LogP contribution in [0.3, 0.4) is 0 Å². The van der Waals surface area contributed by atoms with Crippen LogP contribution >= 0.6 is 0 Å². The molecule has 1 rings (SSSR count). The molecule has 1 aromatic rings. The summed E-state index contributed by atoms with van der Waals surface area (Å²) in [6, 6.07) is 0.727. The SMILES string of the molecule is CCOC(=O)c1cc(OC)c(OC(F)(F)F)c(C(F)F)n1. The predicted molar refractivity (Wildman–Crippen MR) is 58.4 cm³/mol. The molecule has 1 heterocycles. The number of pyridine rings is 1. The molecule has 0 radical (unpaired) electrons. The topological polar surface area (TPSA) is 57.7 Å². The summed E-state index contributed by atoms with van der Waals surface area (Å²) in [5, 5.41) is 0. The Morgan fingerprint density at radius 3 is 2.43 bits per heavy atom. The molecule has 21 heavy (non-hydrogen) atoms. The highest BCUT2D eigenvalue weighted by Crippen LogP contribution is 2.39. The average molecular weight is 315 g/mol. The van der Waals surface area contributed by atoms with E-state index in [0.717, 1.165) is 13.2 Å². The third-order valence-electron chi connectivity index (χ3n) is 2.09. The fourth-order valence-corrected chi connectivity index (χ4v) is 1.36. The van der Waals surface area contributed by atoms with Gasteiger partial charge in [0.2, 0.25) is 0 Å². The van der Waals surface area contributed by atoms with Gasteiger partial charge in [0.25, 0.3) is 6.43 Å². The van der Waals surface area contributed by atoms with Crippen molar-refractivity contribution in [2.45, 2.75) is 19.7 Å². The molecule has 0 unspecified atom stereocenters. The second-order valence-electron chi connectivity index (χ2n) is 3.49. The Kier molecular flexibility index (Phi) is 5.28. The highest BCUT2D eigenvalue weighted by molar-refractivity contribution is 5.88. The highest BCUT2D eigenvalue weighted by atomic mass is 19.4. The molecule has 10 heteroatoms. The Balaban J connectivity index is 3.39.